The normalized spacial score (nSPS) is 14.7. The van der Waals surface area contributed by atoms with Crippen LogP contribution in [0.25, 0.3) is 0 Å². The predicted molar refractivity (Wildman–Crippen MR) is 63.5 cm³/mol. The highest BCUT2D eigenvalue weighted by Gasteiger charge is 2.13. The van der Waals surface area contributed by atoms with E-state index in [1.54, 1.807) is 13.3 Å². The van der Waals surface area contributed by atoms with Crippen molar-refractivity contribution in [2.24, 2.45) is 0 Å². The summed E-state index contributed by atoms with van der Waals surface area (Å²) in [6.07, 6.45) is 1.83. The fraction of sp³-hybridized carbons (Fsp3) is 0.545. The number of pyridine rings is 1. The van der Waals surface area contributed by atoms with E-state index in [0.717, 1.165) is 11.3 Å². The second-order valence-corrected chi connectivity index (χ2v) is 4.03. The summed E-state index contributed by atoms with van der Waals surface area (Å²) in [7, 11) is 1.69. The van der Waals surface area contributed by atoms with E-state index in [9.17, 15) is 0 Å². The van der Waals surface area contributed by atoms with Gasteiger partial charge in [-0.05, 0) is 32.4 Å². The molecular formula is C11H17ClN2O. The first-order chi connectivity index (χ1) is 7.06. The van der Waals surface area contributed by atoms with Crippen LogP contribution in [0.2, 0.25) is 5.15 Å². The number of nitrogens with one attached hydrogen (secondary N) is 1. The Morgan fingerprint density at radius 3 is 2.67 bits per heavy atom. The summed E-state index contributed by atoms with van der Waals surface area (Å²) < 4.78 is 5.24. The Balaban J connectivity index is 2.80. The standard InChI is InChI=1S/C11H17ClN2O/c1-7-5-6-13-11(12)10(7)14-8(2)9(3)15-4/h5-6,8-9,14H,1-4H3. The van der Waals surface area contributed by atoms with Gasteiger partial charge in [-0.2, -0.15) is 0 Å². The average molecular weight is 229 g/mol. The molecule has 1 aromatic heterocycles. The van der Waals surface area contributed by atoms with E-state index < -0.39 is 0 Å². The van der Waals surface area contributed by atoms with Crippen LogP contribution in [0.3, 0.4) is 0 Å². The maximum Gasteiger partial charge on any atom is 0.152 e. The number of methoxy groups -OCH3 is 1. The summed E-state index contributed by atoms with van der Waals surface area (Å²) in [6.45, 7) is 6.06. The molecule has 4 heteroatoms. The van der Waals surface area contributed by atoms with Crippen LogP contribution < -0.4 is 5.32 Å². The molecule has 0 aliphatic rings. The van der Waals surface area contributed by atoms with Gasteiger partial charge in [-0.15, -0.1) is 0 Å². The van der Waals surface area contributed by atoms with Gasteiger partial charge in [0.25, 0.3) is 0 Å². The molecule has 15 heavy (non-hydrogen) atoms. The van der Waals surface area contributed by atoms with Gasteiger partial charge < -0.3 is 10.1 Å². The van der Waals surface area contributed by atoms with Gasteiger partial charge in [0.1, 0.15) is 0 Å². The molecule has 1 N–H and O–H groups in total. The fourth-order valence-electron chi connectivity index (χ4n) is 1.25. The molecule has 0 amide bonds. The fourth-order valence-corrected chi connectivity index (χ4v) is 1.51. The van der Waals surface area contributed by atoms with Crippen molar-refractivity contribution in [2.75, 3.05) is 12.4 Å². The van der Waals surface area contributed by atoms with Crippen LogP contribution in [0, 0.1) is 6.92 Å². The third kappa shape index (κ3) is 3.08. The number of halogens is 1. The largest absolute Gasteiger partial charge is 0.380 e. The molecule has 0 aliphatic carbocycles. The summed E-state index contributed by atoms with van der Waals surface area (Å²) in [5, 5.41) is 3.81. The smallest absolute Gasteiger partial charge is 0.152 e. The minimum atomic E-state index is 0.126. The van der Waals surface area contributed by atoms with Gasteiger partial charge >= 0.3 is 0 Å². The Bertz CT molecular complexity index is 310. The quantitative estimate of drug-likeness (QED) is 0.805. The van der Waals surface area contributed by atoms with Gasteiger partial charge in [0.15, 0.2) is 5.15 Å². The monoisotopic (exact) mass is 228 g/mol. The van der Waals surface area contributed by atoms with Gasteiger partial charge in [-0.25, -0.2) is 4.98 Å². The highest BCUT2D eigenvalue weighted by molar-refractivity contribution is 6.32. The molecule has 0 saturated heterocycles. The molecule has 1 aromatic rings. The Hall–Kier alpha value is -0.800. The molecule has 0 radical (unpaired) electrons. The zero-order valence-corrected chi connectivity index (χ0v) is 10.3. The predicted octanol–water partition coefficient (Wildman–Crippen LogP) is 2.88. The first kappa shape index (κ1) is 12.3. The van der Waals surface area contributed by atoms with Crippen molar-refractivity contribution in [3.8, 4) is 0 Å². The van der Waals surface area contributed by atoms with Crippen molar-refractivity contribution in [3.63, 3.8) is 0 Å². The van der Waals surface area contributed by atoms with Gasteiger partial charge in [-0.1, -0.05) is 11.6 Å². The molecule has 2 atom stereocenters. The lowest BCUT2D eigenvalue weighted by atomic mass is 10.2. The molecule has 0 aliphatic heterocycles. The Morgan fingerprint density at radius 2 is 2.13 bits per heavy atom. The first-order valence-corrected chi connectivity index (χ1v) is 5.34. The molecule has 3 nitrogen and oxygen atoms in total. The molecule has 0 bridgehead atoms. The number of ether oxygens (including phenoxy) is 1. The molecule has 2 unspecified atom stereocenters. The van der Waals surface area contributed by atoms with Crippen LogP contribution in [0.1, 0.15) is 19.4 Å². The van der Waals surface area contributed by atoms with Crippen LogP contribution in [-0.4, -0.2) is 24.2 Å². The second-order valence-electron chi connectivity index (χ2n) is 3.67. The number of rotatable bonds is 4. The Morgan fingerprint density at radius 1 is 1.47 bits per heavy atom. The summed E-state index contributed by atoms with van der Waals surface area (Å²) in [5.41, 5.74) is 1.97. The van der Waals surface area contributed by atoms with Crippen molar-refractivity contribution in [2.45, 2.75) is 32.9 Å². The Kier molecular flexibility index (Phi) is 4.36. The third-order valence-electron chi connectivity index (χ3n) is 2.56. The molecule has 0 fully saturated rings. The van der Waals surface area contributed by atoms with Gasteiger partial charge in [0.2, 0.25) is 0 Å². The number of aromatic nitrogens is 1. The lowest BCUT2D eigenvalue weighted by molar-refractivity contribution is 0.106. The summed E-state index contributed by atoms with van der Waals surface area (Å²) in [5.74, 6) is 0. The molecule has 0 spiro atoms. The van der Waals surface area contributed by atoms with Gasteiger partial charge in [-0.3, -0.25) is 0 Å². The number of aryl methyl sites for hydroxylation is 1. The summed E-state index contributed by atoms with van der Waals surface area (Å²) >= 11 is 6.01. The van der Waals surface area contributed by atoms with Crippen molar-refractivity contribution >= 4 is 17.3 Å². The molecule has 0 saturated carbocycles. The van der Waals surface area contributed by atoms with E-state index in [1.807, 2.05) is 19.9 Å². The Labute approximate surface area is 95.8 Å². The maximum atomic E-state index is 6.01. The summed E-state index contributed by atoms with van der Waals surface area (Å²) in [4.78, 5) is 4.04. The van der Waals surface area contributed by atoms with Crippen LogP contribution in [0.15, 0.2) is 12.3 Å². The second kappa shape index (κ2) is 5.33. The van der Waals surface area contributed by atoms with E-state index >= 15 is 0 Å². The van der Waals surface area contributed by atoms with E-state index in [-0.39, 0.29) is 12.1 Å². The lowest BCUT2D eigenvalue weighted by Gasteiger charge is -2.22. The zero-order chi connectivity index (χ0) is 11.4. The van der Waals surface area contributed by atoms with Gasteiger partial charge in [0.05, 0.1) is 11.8 Å². The third-order valence-corrected chi connectivity index (χ3v) is 2.85. The molecule has 1 rings (SSSR count). The molecule has 84 valence electrons. The average Bonchev–Trinajstić information content (AvgIpc) is 2.22. The van der Waals surface area contributed by atoms with Crippen LogP contribution in [0.5, 0.6) is 0 Å². The molecule has 1 heterocycles. The van der Waals surface area contributed by atoms with Crippen LogP contribution in [-0.2, 0) is 4.74 Å². The van der Waals surface area contributed by atoms with E-state index in [4.69, 9.17) is 16.3 Å². The van der Waals surface area contributed by atoms with Crippen molar-refractivity contribution in [1.82, 2.24) is 4.98 Å². The van der Waals surface area contributed by atoms with Gasteiger partial charge in [0, 0.05) is 19.3 Å². The van der Waals surface area contributed by atoms with Crippen molar-refractivity contribution < 1.29 is 4.74 Å². The lowest BCUT2D eigenvalue weighted by Crippen LogP contribution is -2.30. The number of hydrogen-bond acceptors (Lipinski definition) is 3. The van der Waals surface area contributed by atoms with E-state index in [2.05, 4.69) is 17.2 Å². The summed E-state index contributed by atoms with van der Waals surface area (Å²) in [6, 6.07) is 2.12. The van der Waals surface area contributed by atoms with E-state index in [0.29, 0.717) is 5.15 Å². The highest BCUT2D eigenvalue weighted by Crippen LogP contribution is 2.24. The zero-order valence-electron chi connectivity index (χ0n) is 9.54. The minimum absolute atomic E-state index is 0.126. The van der Waals surface area contributed by atoms with Crippen molar-refractivity contribution in [1.29, 1.82) is 0 Å². The topological polar surface area (TPSA) is 34.1 Å². The number of anilines is 1. The highest BCUT2D eigenvalue weighted by atomic mass is 35.5. The number of hydrogen-bond donors (Lipinski definition) is 1. The minimum Gasteiger partial charge on any atom is -0.380 e. The maximum absolute atomic E-state index is 6.01. The molecule has 0 aromatic carbocycles. The number of nitrogens with zero attached hydrogens (tertiary/aromatic N) is 1. The van der Waals surface area contributed by atoms with E-state index in [1.165, 1.54) is 0 Å². The van der Waals surface area contributed by atoms with Crippen LogP contribution in [0.4, 0.5) is 5.69 Å². The van der Waals surface area contributed by atoms with Crippen LogP contribution >= 0.6 is 11.6 Å². The first-order valence-electron chi connectivity index (χ1n) is 4.96. The SMILES string of the molecule is COC(C)C(C)Nc1c(C)ccnc1Cl. The molecular weight excluding hydrogens is 212 g/mol. The van der Waals surface area contributed by atoms with Crippen molar-refractivity contribution in [3.05, 3.63) is 23.0 Å².